The van der Waals surface area contributed by atoms with Gasteiger partial charge in [-0.2, -0.15) is 11.8 Å². The maximum absolute atomic E-state index is 15.0. The van der Waals surface area contributed by atoms with E-state index in [1.165, 1.54) is 45.1 Å². The number of amides is 16. The van der Waals surface area contributed by atoms with Gasteiger partial charge in [0.25, 0.3) is 0 Å². The Balaban J connectivity index is 1.98. The molecule has 31 N–H and O–H groups in total. The van der Waals surface area contributed by atoms with Gasteiger partial charge in [-0.15, -0.1) is 0 Å². The lowest BCUT2D eigenvalue weighted by Gasteiger charge is -2.30. The van der Waals surface area contributed by atoms with E-state index in [2.05, 4.69) is 89.7 Å². The van der Waals surface area contributed by atoms with Crippen molar-refractivity contribution in [3.8, 4) is 0 Å². The number of thioether (sulfide) groups is 1. The number of guanidine groups is 1. The van der Waals surface area contributed by atoms with Crippen LogP contribution in [0.15, 0.2) is 73.2 Å². The molecule has 0 aliphatic rings. The summed E-state index contributed by atoms with van der Waals surface area (Å²) in [6, 6.07) is -5.38. The number of carboxylic acids is 1. The molecule has 0 aliphatic carbocycles. The summed E-state index contributed by atoms with van der Waals surface area (Å²) in [7, 11) is 0. The molecule has 0 bridgehead atoms. The molecule has 0 unspecified atom stereocenters. The van der Waals surface area contributed by atoms with Crippen molar-refractivity contribution in [3.63, 3.8) is 0 Å². The fraction of sp³-hybridized carbons (Fsp3) is 0.598. The lowest BCUT2D eigenvalue weighted by Crippen LogP contribution is -2.62. The van der Waals surface area contributed by atoms with Gasteiger partial charge in [-0.1, -0.05) is 109 Å². The van der Waals surface area contributed by atoms with E-state index in [4.69, 9.17) is 39.8 Å². The Kier molecular flexibility index (Phi) is 48.9. The van der Waals surface area contributed by atoms with Crippen LogP contribution in [0.25, 0.3) is 0 Å². The van der Waals surface area contributed by atoms with Crippen molar-refractivity contribution >= 4 is 118 Å². The van der Waals surface area contributed by atoms with E-state index >= 15 is 9.59 Å². The van der Waals surface area contributed by atoms with Gasteiger partial charge in [-0.3, -0.25) is 82.1 Å². The summed E-state index contributed by atoms with van der Waals surface area (Å²) in [6.45, 7) is 14.1. The summed E-state index contributed by atoms with van der Waals surface area (Å²) < 4.78 is 0. The van der Waals surface area contributed by atoms with Gasteiger partial charge in [0.05, 0.1) is 18.9 Å². The first-order valence-corrected chi connectivity index (χ1v) is 43.5. The van der Waals surface area contributed by atoms with E-state index in [1.807, 2.05) is 0 Å². The van der Waals surface area contributed by atoms with Gasteiger partial charge in [0.15, 0.2) is 5.96 Å². The highest BCUT2D eigenvalue weighted by Gasteiger charge is 2.40. The van der Waals surface area contributed by atoms with E-state index in [1.54, 1.807) is 108 Å². The van der Waals surface area contributed by atoms with E-state index in [-0.39, 0.29) is 108 Å². The first-order valence-electron chi connectivity index (χ1n) is 42.1. The van der Waals surface area contributed by atoms with E-state index in [0.29, 0.717) is 30.4 Å². The lowest BCUT2D eigenvalue weighted by molar-refractivity contribution is -0.142. The van der Waals surface area contributed by atoms with Crippen LogP contribution in [0.3, 0.4) is 0 Å². The number of imidazole rings is 1. The number of carbonyl (C=O) groups excluding carboxylic acids is 16. The topological polar surface area (TPSA) is 720 Å². The molecule has 0 aliphatic heterocycles. The van der Waals surface area contributed by atoms with E-state index in [9.17, 15) is 82.1 Å². The summed E-state index contributed by atoms with van der Waals surface area (Å²) in [5, 5.41) is 66.2. The second kappa shape index (κ2) is 56.9. The third kappa shape index (κ3) is 39.5. The molecule has 44 heteroatoms. The minimum absolute atomic E-state index is 0.0155. The molecule has 43 nitrogen and oxygen atoms in total. The standard InChI is InChI=1S/C82H132N24O19S/c1-11-45(6)66(106-76(119)58(38-50-25-16-13-17-26-50)102-79(122)65(44(4)5)105-67(110)46(7)93-69(112)55(32-36-126-10)97-72(115)54(30-31-61(85)108)98-78(121)64(43(2)3)104-68(111)47(8)94-77(120)63(87)48(9)107)80(123)103-59(39-51-41-90-42-92-51)74(117)101-60(40-62(86)109)75(118)100-57(37-49-23-14-12-15-24-49)73(116)96-52(27-18-20-33-83)70(113)95-53(29-22-35-91-82(88)89)71(114)99-56(81(124)125)28-19-21-34-84/h12-17,23-26,41-48,52-60,63-66,107H,11,18-22,27-40,83-84,87H2,1-10H3,(H2,85,108)(H2,86,109)(H,90,92)(H,93,112)(H,94,120)(H,95,113)(H,96,116)(H,97,115)(H,98,121)(H,99,114)(H,100,118)(H,101,117)(H,102,122)(H,103,123)(H,104,111)(H,105,110)(H,106,119)(H,124,125)(H4,88,89,91)/t45-,46-,47-,48+,52-,53-,54-,55-,56-,57-,58-,59-,60+,63-,64-,65-,66-/m0/s1. The zero-order valence-electron chi connectivity index (χ0n) is 73.2. The van der Waals surface area contributed by atoms with Crippen molar-refractivity contribution in [1.82, 2.24) is 89.7 Å². The smallest absolute Gasteiger partial charge is 0.326 e. The number of carbonyl (C=O) groups is 17. The van der Waals surface area contributed by atoms with Gasteiger partial charge in [0, 0.05) is 44.1 Å². The van der Waals surface area contributed by atoms with E-state index < -0.39 is 228 Å². The van der Waals surface area contributed by atoms with Crippen molar-refractivity contribution < 1.29 is 91.7 Å². The summed E-state index contributed by atoms with van der Waals surface area (Å²) in [5.41, 5.74) is 35.1. The van der Waals surface area contributed by atoms with Crippen molar-refractivity contribution in [2.75, 3.05) is 31.6 Å². The molecule has 3 rings (SSSR count). The Bertz CT molecular complexity index is 4080. The van der Waals surface area contributed by atoms with Gasteiger partial charge >= 0.3 is 5.97 Å². The maximum atomic E-state index is 15.0. The number of nitrogens with one attached hydrogen (secondary N) is 17. The summed E-state index contributed by atoms with van der Waals surface area (Å²) in [4.78, 5) is 244. The summed E-state index contributed by atoms with van der Waals surface area (Å²) in [6.07, 6.45) is 2.20. The van der Waals surface area contributed by atoms with Crippen LogP contribution in [0.2, 0.25) is 0 Å². The SMILES string of the molecule is CC[C@H](C)[C@H](NC(=O)[C@H](Cc1ccccc1)NC(=O)[C@@H](NC(=O)[C@H](C)NC(=O)[C@H](CCSC)NC(=O)[C@H](CCC(N)=O)NC(=O)[C@@H](NC(=O)[C@H](C)NC(=O)[C@@H](N)[C@@H](C)O)C(C)C)C(C)C)C(=O)N[C@@H](Cc1cnc[nH]1)C(=O)N[C@H](CC(N)=O)C(=O)N[C@@H](Cc1ccccc1)C(=O)N[C@@H](CCCCN)C(=O)N[C@@H](CCCNC(=N)N)C(=O)N[C@@H](CCCCN)C(=O)O. The number of aliphatic hydroxyl groups excluding tert-OH is 1. The van der Waals surface area contributed by atoms with Gasteiger partial charge in [-0.25, -0.2) is 9.78 Å². The molecule has 0 radical (unpaired) electrons. The number of hydrogen-bond donors (Lipinski definition) is 25. The minimum atomic E-state index is -1.88. The number of hydrogen-bond acceptors (Lipinski definition) is 24. The number of aliphatic carboxylic acids is 1. The highest BCUT2D eigenvalue weighted by atomic mass is 32.2. The number of H-pyrrole nitrogens is 1. The highest BCUT2D eigenvalue weighted by molar-refractivity contribution is 7.98. The van der Waals surface area contributed by atoms with Gasteiger partial charge in [0.1, 0.15) is 90.6 Å². The third-order valence-electron chi connectivity index (χ3n) is 20.4. The molecule has 700 valence electrons. The summed E-state index contributed by atoms with van der Waals surface area (Å²) >= 11 is 1.30. The first-order chi connectivity index (χ1) is 59.5. The Morgan fingerprint density at radius 3 is 1.23 bits per heavy atom. The Labute approximate surface area is 737 Å². The maximum Gasteiger partial charge on any atom is 0.326 e. The second-order valence-corrected chi connectivity index (χ2v) is 32.6. The lowest BCUT2D eigenvalue weighted by atomic mass is 9.96. The first kappa shape index (κ1) is 108. The Morgan fingerprint density at radius 1 is 0.437 bits per heavy atom. The van der Waals surface area contributed by atoms with Crippen LogP contribution in [0.5, 0.6) is 0 Å². The number of rotatable bonds is 60. The number of aromatic nitrogens is 2. The molecule has 0 saturated carbocycles. The van der Waals surface area contributed by atoms with Gasteiger partial charge in [-0.05, 0) is 139 Å². The number of unbranched alkanes of at least 4 members (excludes halogenated alkanes) is 2. The fourth-order valence-corrected chi connectivity index (χ4v) is 13.2. The molecule has 0 fully saturated rings. The van der Waals surface area contributed by atoms with Gasteiger partial charge in [0.2, 0.25) is 94.5 Å². The molecule has 0 saturated heterocycles. The highest BCUT2D eigenvalue weighted by Crippen LogP contribution is 2.17. The molecule has 2 aromatic carbocycles. The zero-order chi connectivity index (χ0) is 94.4. The van der Waals surface area contributed by atoms with Crippen LogP contribution in [0.1, 0.15) is 163 Å². The minimum Gasteiger partial charge on any atom is -0.480 e. The average Bonchev–Trinajstić information content (AvgIpc) is 0.970. The van der Waals surface area contributed by atoms with Crippen molar-refractivity contribution in [2.45, 2.75) is 262 Å². The average molecular weight is 1790 g/mol. The molecular weight excluding hydrogens is 1660 g/mol. The fourth-order valence-electron chi connectivity index (χ4n) is 12.7. The largest absolute Gasteiger partial charge is 0.480 e. The Hall–Kier alpha value is -11.9. The number of nitrogens with zero attached hydrogens (tertiary/aromatic N) is 1. The number of aromatic amines is 1. The third-order valence-corrected chi connectivity index (χ3v) is 21.1. The molecule has 1 heterocycles. The Morgan fingerprint density at radius 2 is 0.810 bits per heavy atom. The number of benzene rings is 2. The van der Waals surface area contributed by atoms with Gasteiger partial charge < -0.3 is 129 Å². The predicted molar refractivity (Wildman–Crippen MR) is 468 cm³/mol. The normalized spacial score (nSPS) is 15.2. The predicted octanol–water partition coefficient (Wildman–Crippen LogP) is -5.17. The molecule has 3 aromatic rings. The van der Waals surface area contributed by atoms with Crippen molar-refractivity contribution in [1.29, 1.82) is 5.41 Å². The van der Waals surface area contributed by atoms with Crippen molar-refractivity contribution in [3.05, 3.63) is 90.0 Å². The number of primary amides is 2. The zero-order valence-corrected chi connectivity index (χ0v) is 74.0. The second-order valence-electron chi connectivity index (χ2n) is 31.6. The quantitative estimate of drug-likeness (QED) is 0.0143. The van der Waals surface area contributed by atoms with Crippen LogP contribution < -0.4 is 114 Å². The number of nitrogens with two attached hydrogens (primary N) is 6. The van der Waals surface area contributed by atoms with Crippen LogP contribution >= 0.6 is 11.8 Å². The molecule has 16 amide bonds. The van der Waals surface area contributed by atoms with E-state index in [0.717, 1.165) is 0 Å². The van der Waals surface area contributed by atoms with Crippen LogP contribution in [0.4, 0.5) is 0 Å². The van der Waals surface area contributed by atoms with Crippen molar-refractivity contribution in [2.24, 2.45) is 52.2 Å². The van der Waals surface area contributed by atoms with Crippen LogP contribution in [0, 0.1) is 23.2 Å². The molecule has 0 spiro atoms. The molecule has 126 heavy (non-hydrogen) atoms. The number of carboxylic acid groups (broad SMARTS) is 1. The number of aliphatic hydroxyl groups is 1. The summed E-state index contributed by atoms with van der Waals surface area (Å²) in [5.74, 6) is -18.5. The van der Waals surface area contributed by atoms with Crippen LogP contribution in [-0.4, -0.2) is 255 Å². The van der Waals surface area contributed by atoms with Crippen LogP contribution in [-0.2, 0) is 101 Å². The monoisotopic (exact) mass is 1790 g/mol. The molecular formula is C82H132N24O19S. The molecule has 1 aromatic heterocycles. The molecule has 17 atom stereocenters.